The van der Waals surface area contributed by atoms with Crippen LogP contribution < -0.4 is 4.72 Å². The van der Waals surface area contributed by atoms with Crippen molar-refractivity contribution in [1.82, 2.24) is 14.1 Å². The third-order valence-corrected chi connectivity index (χ3v) is 5.07. The van der Waals surface area contributed by atoms with Crippen molar-refractivity contribution in [3.63, 3.8) is 0 Å². The van der Waals surface area contributed by atoms with E-state index in [-0.39, 0.29) is 10.2 Å². The van der Waals surface area contributed by atoms with Gasteiger partial charge in [0, 0.05) is 17.6 Å². The molecule has 0 aliphatic heterocycles. The molecule has 112 valence electrons. The van der Waals surface area contributed by atoms with E-state index in [1.54, 1.807) is 5.38 Å². The van der Waals surface area contributed by atoms with Gasteiger partial charge in [-0.25, -0.2) is 18.1 Å². The molecule has 0 radical (unpaired) electrons. The Morgan fingerprint density at radius 3 is 2.80 bits per heavy atom. The van der Waals surface area contributed by atoms with E-state index in [9.17, 15) is 21.6 Å². The van der Waals surface area contributed by atoms with Gasteiger partial charge in [-0.05, 0) is 6.92 Å². The second kappa shape index (κ2) is 5.17. The topological polar surface area (TPSA) is 63.5 Å². The van der Waals surface area contributed by atoms with Crippen LogP contribution in [0.4, 0.5) is 13.2 Å². The van der Waals surface area contributed by atoms with Gasteiger partial charge in [0.2, 0.25) is 0 Å². The molecule has 2 aromatic rings. The lowest BCUT2D eigenvalue weighted by Gasteiger charge is -2.15. The predicted octanol–water partition coefficient (Wildman–Crippen LogP) is 2.67. The highest BCUT2D eigenvalue weighted by Gasteiger charge is 2.33. The van der Waals surface area contributed by atoms with E-state index in [0.717, 1.165) is 18.3 Å². The number of imidazole rings is 1. The van der Waals surface area contributed by atoms with Crippen LogP contribution in [0.2, 0.25) is 5.15 Å². The van der Waals surface area contributed by atoms with E-state index in [1.165, 1.54) is 10.6 Å². The van der Waals surface area contributed by atoms with Crippen LogP contribution in [-0.4, -0.2) is 30.0 Å². The molecule has 0 bridgehead atoms. The first-order valence-electron chi connectivity index (χ1n) is 5.30. The molecule has 0 aromatic carbocycles. The molecule has 0 amide bonds. The Labute approximate surface area is 121 Å². The number of alkyl halides is 3. The first-order chi connectivity index (χ1) is 9.10. The summed E-state index contributed by atoms with van der Waals surface area (Å²) < 4.78 is 64.1. The maximum atomic E-state index is 12.2. The number of rotatable bonds is 4. The molecule has 20 heavy (non-hydrogen) atoms. The number of hydrogen-bond acceptors (Lipinski definition) is 4. The van der Waals surface area contributed by atoms with Gasteiger partial charge in [0.25, 0.3) is 10.0 Å². The maximum absolute atomic E-state index is 12.2. The van der Waals surface area contributed by atoms with Crippen LogP contribution in [0.15, 0.2) is 16.6 Å². The Balaban J connectivity index is 2.31. The summed E-state index contributed by atoms with van der Waals surface area (Å²) in [4.78, 5) is 4.17. The van der Waals surface area contributed by atoms with Crippen LogP contribution in [0.3, 0.4) is 0 Å². The number of hydrogen-bond donors (Lipinski definition) is 1. The fraction of sp³-hybridized carbons (Fsp3) is 0.444. The largest absolute Gasteiger partial charge is 0.390 e. The van der Waals surface area contributed by atoms with Crippen molar-refractivity contribution in [2.45, 2.75) is 30.6 Å². The molecule has 2 aromatic heterocycles. The third-order valence-electron chi connectivity index (χ3n) is 2.33. The monoisotopic (exact) mass is 347 g/mol. The molecular weight excluding hydrogens is 339 g/mol. The minimum Gasteiger partial charge on any atom is -0.279 e. The highest BCUT2D eigenvalue weighted by atomic mass is 35.5. The lowest BCUT2D eigenvalue weighted by molar-refractivity contribution is -0.137. The zero-order valence-electron chi connectivity index (χ0n) is 9.98. The Kier molecular flexibility index (Phi) is 4.02. The molecule has 0 saturated carbocycles. The van der Waals surface area contributed by atoms with E-state index in [2.05, 4.69) is 4.98 Å². The van der Waals surface area contributed by atoms with Crippen LogP contribution in [0.5, 0.6) is 0 Å². The van der Waals surface area contributed by atoms with Crippen molar-refractivity contribution < 1.29 is 21.6 Å². The summed E-state index contributed by atoms with van der Waals surface area (Å²) in [5, 5.41) is 0.963. The third kappa shape index (κ3) is 3.25. The Morgan fingerprint density at radius 1 is 1.55 bits per heavy atom. The quantitative estimate of drug-likeness (QED) is 0.924. The van der Waals surface area contributed by atoms with Gasteiger partial charge in [0.05, 0.1) is 6.42 Å². The molecule has 0 saturated heterocycles. The number of nitrogens with one attached hydrogen (secondary N) is 1. The predicted molar refractivity (Wildman–Crippen MR) is 68.5 cm³/mol. The van der Waals surface area contributed by atoms with Gasteiger partial charge < -0.3 is 0 Å². The fourth-order valence-electron chi connectivity index (χ4n) is 1.69. The zero-order valence-corrected chi connectivity index (χ0v) is 12.4. The van der Waals surface area contributed by atoms with E-state index < -0.39 is 28.7 Å². The maximum Gasteiger partial charge on any atom is 0.390 e. The van der Waals surface area contributed by atoms with Crippen molar-refractivity contribution >= 4 is 37.9 Å². The molecule has 2 heterocycles. The van der Waals surface area contributed by atoms with Crippen molar-refractivity contribution in [2.24, 2.45) is 0 Å². The van der Waals surface area contributed by atoms with Crippen molar-refractivity contribution in [1.29, 1.82) is 0 Å². The number of thiazole rings is 1. The molecule has 0 aliphatic carbocycles. The highest BCUT2D eigenvalue weighted by Crippen LogP contribution is 2.27. The first kappa shape index (κ1) is 15.5. The SMILES string of the molecule is CC(CC(F)(F)F)NS(=O)(=O)c1c(Cl)nc2sccn12. The molecular formula is C9H9ClF3N3O2S2. The minimum absolute atomic E-state index is 0.274. The van der Waals surface area contributed by atoms with E-state index in [4.69, 9.17) is 11.6 Å². The van der Waals surface area contributed by atoms with E-state index >= 15 is 0 Å². The molecule has 2 rings (SSSR count). The highest BCUT2D eigenvalue weighted by molar-refractivity contribution is 7.89. The number of halogens is 4. The van der Waals surface area contributed by atoms with Gasteiger partial charge in [-0.2, -0.15) is 13.2 Å². The molecule has 1 atom stereocenters. The summed E-state index contributed by atoms with van der Waals surface area (Å²) in [6, 6.07) is -1.31. The van der Waals surface area contributed by atoms with Gasteiger partial charge in [0.15, 0.2) is 15.1 Å². The lowest BCUT2D eigenvalue weighted by Crippen LogP contribution is -2.36. The Morgan fingerprint density at radius 2 is 2.20 bits per heavy atom. The minimum atomic E-state index is -4.46. The normalized spacial score (nSPS) is 14.8. The zero-order chi connectivity index (χ0) is 15.1. The van der Waals surface area contributed by atoms with Crippen LogP contribution in [0.25, 0.3) is 4.96 Å². The van der Waals surface area contributed by atoms with Crippen LogP contribution in [-0.2, 0) is 10.0 Å². The number of sulfonamides is 1. The van der Waals surface area contributed by atoms with Gasteiger partial charge in [-0.3, -0.25) is 4.40 Å². The molecule has 0 fully saturated rings. The average molecular weight is 348 g/mol. The second-order valence-corrected chi connectivity index (χ2v) is 6.97. The molecule has 1 unspecified atom stereocenters. The second-order valence-electron chi connectivity index (χ2n) is 4.10. The lowest BCUT2D eigenvalue weighted by atomic mass is 10.2. The molecule has 1 N–H and O–H groups in total. The summed E-state index contributed by atoms with van der Waals surface area (Å²) in [5.41, 5.74) is 0. The number of nitrogens with zero attached hydrogens (tertiary/aromatic N) is 2. The number of aromatic nitrogens is 2. The first-order valence-corrected chi connectivity index (χ1v) is 8.04. The summed E-state index contributed by atoms with van der Waals surface area (Å²) in [6.45, 7) is 1.13. The van der Waals surface area contributed by atoms with Crippen LogP contribution in [0.1, 0.15) is 13.3 Å². The van der Waals surface area contributed by atoms with E-state index in [0.29, 0.717) is 4.96 Å². The smallest absolute Gasteiger partial charge is 0.279 e. The Bertz CT molecular complexity index is 722. The molecule has 11 heteroatoms. The van der Waals surface area contributed by atoms with Crippen molar-refractivity contribution in [3.8, 4) is 0 Å². The Hall–Kier alpha value is -0.840. The van der Waals surface area contributed by atoms with Crippen molar-refractivity contribution in [3.05, 3.63) is 16.7 Å². The molecule has 0 spiro atoms. The molecule has 0 aliphatic rings. The van der Waals surface area contributed by atoms with Gasteiger partial charge in [-0.1, -0.05) is 11.6 Å². The fourth-order valence-corrected chi connectivity index (χ4v) is 4.38. The summed E-state index contributed by atoms with van der Waals surface area (Å²) in [6.07, 6.45) is -4.29. The summed E-state index contributed by atoms with van der Waals surface area (Å²) in [7, 11) is -4.19. The van der Waals surface area contributed by atoms with Gasteiger partial charge in [-0.15, -0.1) is 11.3 Å². The van der Waals surface area contributed by atoms with Crippen molar-refractivity contribution in [2.75, 3.05) is 0 Å². The van der Waals surface area contributed by atoms with Gasteiger partial charge >= 0.3 is 6.18 Å². The summed E-state index contributed by atoms with van der Waals surface area (Å²) in [5.74, 6) is 0. The number of fused-ring (bicyclic) bond motifs is 1. The van der Waals surface area contributed by atoms with E-state index in [1.807, 2.05) is 4.72 Å². The summed E-state index contributed by atoms with van der Waals surface area (Å²) >= 11 is 6.91. The van der Waals surface area contributed by atoms with Crippen LogP contribution in [0, 0.1) is 0 Å². The standard InChI is InChI=1S/C9H9ClF3N3O2S2/c1-5(4-9(11,12)13)15-20(17,18)7-6(10)14-8-16(7)2-3-19-8/h2-3,5,15H,4H2,1H3. The average Bonchev–Trinajstić information content (AvgIpc) is 2.70. The molecule has 5 nitrogen and oxygen atoms in total. The van der Waals surface area contributed by atoms with Gasteiger partial charge in [0.1, 0.15) is 0 Å². The van der Waals surface area contributed by atoms with Crippen LogP contribution >= 0.6 is 22.9 Å².